The molecule has 0 aromatic heterocycles. The molecular formula is C14H17Cl2NO3. The van der Waals surface area contributed by atoms with Gasteiger partial charge in [-0.1, -0.05) is 23.2 Å². The summed E-state index contributed by atoms with van der Waals surface area (Å²) in [6, 6.07) is 0.127. The molecule has 2 N–H and O–H groups in total. The molecule has 6 heteroatoms. The number of halogens is 2. The van der Waals surface area contributed by atoms with E-state index in [9.17, 15) is 9.59 Å². The van der Waals surface area contributed by atoms with E-state index in [-0.39, 0.29) is 6.04 Å². The number of amides is 1. The number of rotatable bonds is 3. The van der Waals surface area contributed by atoms with Gasteiger partial charge in [0.15, 0.2) is 0 Å². The van der Waals surface area contributed by atoms with Crippen molar-refractivity contribution in [3.63, 3.8) is 0 Å². The van der Waals surface area contributed by atoms with Gasteiger partial charge in [0.1, 0.15) is 10.1 Å². The highest BCUT2D eigenvalue weighted by molar-refractivity contribution is 6.53. The topological polar surface area (TPSA) is 66.4 Å². The van der Waals surface area contributed by atoms with E-state index in [1.54, 1.807) is 0 Å². The molecule has 4 nitrogen and oxygen atoms in total. The van der Waals surface area contributed by atoms with Gasteiger partial charge in [0.25, 0.3) is 5.91 Å². The quantitative estimate of drug-likeness (QED) is 0.786. The van der Waals surface area contributed by atoms with Gasteiger partial charge < -0.3 is 10.4 Å². The lowest BCUT2D eigenvalue weighted by Gasteiger charge is -2.54. The van der Waals surface area contributed by atoms with Crippen molar-refractivity contribution in [3.8, 4) is 0 Å². The molecule has 20 heavy (non-hydrogen) atoms. The van der Waals surface area contributed by atoms with E-state index < -0.39 is 21.9 Å². The SMILES string of the molecule is O=C(O)/C(Cl)=C(/Cl)C(=O)NC1C2CC3CC(C2)CC1C3. The third-order valence-corrected chi connectivity index (χ3v) is 5.91. The molecule has 0 atom stereocenters. The Bertz CT molecular complexity index is 461. The molecule has 110 valence electrons. The molecule has 4 aliphatic carbocycles. The third kappa shape index (κ3) is 2.44. The molecule has 4 saturated carbocycles. The monoisotopic (exact) mass is 317 g/mol. The Morgan fingerprint density at radius 3 is 1.85 bits per heavy atom. The van der Waals surface area contributed by atoms with Gasteiger partial charge in [-0.25, -0.2) is 4.79 Å². The molecule has 4 aliphatic rings. The summed E-state index contributed by atoms with van der Waals surface area (Å²) < 4.78 is 0. The number of aliphatic carboxylic acids is 1. The fourth-order valence-electron chi connectivity index (χ4n) is 4.57. The van der Waals surface area contributed by atoms with Crippen LogP contribution in [-0.4, -0.2) is 23.0 Å². The Kier molecular flexibility index (Phi) is 3.71. The van der Waals surface area contributed by atoms with E-state index in [4.69, 9.17) is 28.3 Å². The van der Waals surface area contributed by atoms with Gasteiger partial charge in [0.05, 0.1) is 0 Å². The van der Waals surface area contributed by atoms with Crippen LogP contribution < -0.4 is 5.32 Å². The maximum atomic E-state index is 12.0. The van der Waals surface area contributed by atoms with Crippen LogP contribution in [0.5, 0.6) is 0 Å². The van der Waals surface area contributed by atoms with Crippen molar-refractivity contribution in [1.82, 2.24) is 5.32 Å². The van der Waals surface area contributed by atoms with Gasteiger partial charge >= 0.3 is 5.97 Å². The standard InChI is InChI=1S/C14H17Cl2NO3/c15-10(11(16)14(19)20)13(18)17-12-8-2-6-1-7(4-8)5-9(12)3-6/h6-9,12H,1-5H2,(H,17,18)(H,19,20)/b11-10-. The van der Waals surface area contributed by atoms with Gasteiger partial charge in [-0.2, -0.15) is 0 Å². The van der Waals surface area contributed by atoms with Crippen molar-refractivity contribution in [2.24, 2.45) is 23.7 Å². The summed E-state index contributed by atoms with van der Waals surface area (Å²) >= 11 is 11.3. The average molecular weight is 318 g/mol. The Hall–Kier alpha value is -0.740. The lowest BCUT2D eigenvalue weighted by Crippen LogP contribution is -2.55. The van der Waals surface area contributed by atoms with E-state index in [0.717, 1.165) is 11.8 Å². The summed E-state index contributed by atoms with van der Waals surface area (Å²) in [5.41, 5.74) is 0. The first-order valence-corrected chi connectivity index (χ1v) is 7.80. The second-order valence-electron chi connectivity index (χ2n) is 6.36. The molecule has 0 aliphatic heterocycles. The largest absolute Gasteiger partial charge is 0.477 e. The summed E-state index contributed by atoms with van der Waals surface area (Å²) in [5, 5.41) is 10.6. The van der Waals surface area contributed by atoms with Crippen LogP contribution in [-0.2, 0) is 9.59 Å². The first-order valence-electron chi connectivity index (χ1n) is 7.05. The number of carboxylic acid groups (broad SMARTS) is 1. The zero-order chi connectivity index (χ0) is 14.4. The van der Waals surface area contributed by atoms with Crippen molar-refractivity contribution in [3.05, 3.63) is 10.1 Å². The van der Waals surface area contributed by atoms with Crippen LogP contribution in [0.15, 0.2) is 10.1 Å². The van der Waals surface area contributed by atoms with E-state index in [2.05, 4.69) is 5.32 Å². The summed E-state index contributed by atoms with van der Waals surface area (Å²) in [5.74, 6) is 0.735. The minimum Gasteiger partial charge on any atom is -0.477 e. The molecule has 0 heterocycles. The van der Waals surface area contributed by atoms with Crippen LogP contribution in [0.1, 0.15) is 32.1 Å². The zero-order valence-electron chi connectivity index (χ0n) is 10.9. The summed E-state index contributed by atoms with van der Waals surface area (Å²) in [4.78, 5) is 22.8. The fourth-order valence-corrected chi connectivity index (χ4v) is 4.79. The van der Waals surface area contributed by atoms with Crippen LogP contribution in [0, 0.1) is 23.7 Å². The first kappa shape index (κ1) is 14.2. The number of carbonyl (C=O) groups is 2. The van der Waals surface area contributed by atoms with Crippen molar-refractivity contribution in [2.75, 3.05) is 0 Å². The van der Waals surface area contributed by atoms with E-state index in [1.165, 1.54) is 32.1 Å². The Balaban J connectivity index is 1.71. The van der Waals surface area contributed by atoms with Crippen LogP contribution in [0.3, 0.4) is 0 Å². The van der Waals surface area contributed by atoms with Gasteiger partial charge in [-0.15, -0.1) is 0 Å². The number of hydrogen-bond donors (Lipinski definition) is 2. The molecule has 4 fully saturated rings. The molecule has 4 bridgehead atoms. The van der Waals surface area contributed by atoms with Gasteiger partial charge in [-0.3, -0.25) is 4.79 Å². The molecule has 0 unspecified atom stereocenters. The molecule has 1 amide bonds. The zero-order valence-corrected chi connectivity index (χ0v) is 12.5. The smallest absolute Gasteiger partial charge is 0.349 e. The average Bonchev–Trinajstić information content (AvgIpc) is 2.40. The molecular weight excluding hydrogens is 301 g/mol. The van der Waals surface area contributed by atoms with Crippen LogP contribution >= 0.6 is 23.2 Å². The van der Waals surface area contributed by atoms with Crippen molar-refractivity contribution in [2.45, 2.75) is 38.1 Å². The Morgan fingerprint density at radius 1 is 0.900 bits per heavy atom. The maximum absolute atomic E-state index is 12.0. The lowest BCUT2D eigenvalue weighted by molar-refractivity contribution is -0.132. The second-order valence-corrected chi connectivity index (χ2v) is 7.12. The molecule has 0 saturated heterocycles. The lowest BCUT2D eigenvalue weighted by atomic mass is 9.54. The van der Waals surface area contributed by atoms with Gasteiger partial charge in [0.2, 0.25) is 0 Å². The third-order valence-electron chi connectivity index (χ3n) is 5.10. The first-order chi connectivity index (χ1) is 9.45. The normalized spacial score (nSPS) is 39.4. The predicted molar refractivity (Wildman–Crippen MR) is 75.3 cm³/mol. The summed E-state index contributed by atoms with van der Waals surface area (Å²) in [6.07, 6.45) is 6.04. The molecule has 0 aromatic rings. The highest BCUT2D eigenvalue weighted by Crippen LogP contribution is 2.53. The minimum absolute atomic E-state index is 0.127. The molecule has 0 aromatic carbocycles. The number of nitrogens with one attached hydrogen (secondary N) is 1. The van der Waals surface area contributed by atoms with Gasteiger partial charge in [-0.05, 0) is 55.8 Å². The fraction of sp³-hybridized carbons (Fsp3) is 0.714. The minimum atomic E-state index is -1.38. The molecule has 4 rings (SSSR count). The van der Waals surface area contributed by atoms with E-state index in [1.807, 2.05) is 0 Å². The van der Waals surface area contributed by atoms with E-state index >= 15 is 0 Å². The molecule has 0 radical (unpaired) electrons. The second kappa shape index (κ2) is 5.23. The summed E-state index contributed by atoms with van der Waals surface area (Å²) in [7, 11) is 0. The van der Waals surface area contributed by atoms with Crippen molar-refractivity contribution < 1.29 is 14.7 Å². The van der Waals surface area contributed by atoms with Crippen LogP contribution in [0.25, 0.3) is 0 Å². The highest BCUT2D eigenvalue weighted by atomic mass is 35.5. The molecule has 0 spiro atoms. The Morgan fingerprint density at radius 2 is 1.40 bits per heavy atom. The maximum Gasteiger partial charge on any atom is 0.349 e. The van der Waals surface area contributed by atoms with Crippen LogP contribution in [0.4, 0.5) is 0 Å². The van der Waals surface area contributed by atoms with Crippen molar-refractivity contribution in [1.29, 1.82) is 0 Å². The predicted octanol–water partition coefficient (Wildman–Crippen LogP) is 2.70. The number of carboxylic acids is 1. The van der Waals surface area contributed by atoms with E-state index in [0.29, 0.717) is 11.8 Å². The number of carbonyl (C=O) groups excluding carboxylic acids is 1. The van der Waals surface area contributed by atoms with Crippen molar-refractivity contribution >= 4 is 35.1 Å². The van der Waals surface area contributed by atoms with Gasteiger partial charge in [0, 0.05) is 6.04 Å². The number of hydrogen-bond acceptors (Lipinski definition) is 2. The Labute approximate surface area is 127 Å². The van der Waals surface area contributed by atoms with Crippen LogP contribution in [0.2, 0.25) is 0 Å². The highest BCUT2D eigenvalue weighted by Gasteiger charge is 2.48. The summed E-state index contributed by atoms with van der Waals surface area (Å²) in [6.45, 7) is 0.